The highest BCUT2D eigenvalue weighted by molar-refractivity contribution is 8.23. The van der Waals surface area contributed by atoms with Gasteiger partial charge in [0.15, 0.2) is 0 Å². The lowest BCUT2D eigenvalue weighted by molar-refractivity contribution is -0.142. The van der Waals surface area contributed by atoms with Crippen molar-refractivity contribution in [3.05, 3.63) is 34.9 Å². The number of thiocarbonyl (C=S) groups is 1. The van der Waals surface area contributed by atoms with E-state index in [2.05, 4.69) is 4.90 Å². The van der Waals surface area contributed by atoms with E-state index in [1.165, 1.54) is 7.11 Å². The van der Waals surface area contributed by atoms with Crippen LogP contribution >= 0.6 is 35.6 Å². The van der Waals surface area contributed by atoms with E-state index in [0.29, 0.717) is 18.2 Å². The molecule has 1 heterocycles. The number of methoxy groups -OCH3 is 1. The molecule has 2 rings (SSSR count). The van der Waals surface area contributed by atoms with E-state index < -0.39 is 0 Å². The zero-order valence-corrected chi connectivity index (χ0v) is 14.1. The third-order valence-corrected chi connectivity index (χ3v) is 4.87. The molecule has 0 aromatic heterocycles. The number of hydrogen-bond acceptors (Lipinski definition) is 5. The molecule has 0 bridgehead atoms. The average molecular weight is 345 g/mol. The van der Waals surface area contributed by atoms with Gasteiger partial charge < -0.3 is 9.64 Å². The summed E-state index contributed by atoms with van der Waals surface area (Å²) in [5.41, 5.74) is 1.10. The summed E-state index contributed by atoms with van der Waals surface area (Å²) in [5, 5.41) is 0.704. The quantitative estimate of drug-likeness (QED) is 0.582. The van der Waals surface area contributed by atoms with E-state index >= 15 is 0 Å². The van der Waals surface area contributed by atoms with E-state index in [1.807, 2.05) is 29.2 Å². The molecular formula is C14H17ClN2O2S2. The zero-order valence-electron chi connectivity index (χ0n) is 11.8. The Hall–Kier alpha value is -0.820. The van der Waals surface area contributed by atoms with E-state index in [4.69, 9.17) is 28.6 Å². The molecule has 114 valence electrons. The van der Waals surface area contributed by atoms with Gasteiger partial charge in [0.05, 0.1) is 20.3 Å². The number of carbonyl (C=O) groups excluding carboxylic acids is 1. The minimum Gasteiger partial charge on any atom is -0.468 e. The second-order valence-corrected chi connectivity index (χ2v) is 6.87. The number of benzene rings is 1. The summed E-state index contributed by atoms with van der Waals surface area (Å²) < 4.78 is 5.66. The van der Waals surface area contributed by atoms with Crippen molar-refractivity contribution in [2.24, 2.45) is 0 Å². The first-order valence-electron chi connectivity index (χ1n) is 6.54. The molecule has 0 aliphatic carbocycles. The van der Waals surface area contributed by atoms with E-state index in [0.717, 1.165) is 22.2 Å². The lowest BCUT2D eigenvalue weighted by Crippen LogP contribution is -2.40. The minimum absolute atomic E-state index is 0.239. The minimum atomic E-state index is -0.248. The topological polar surface area (TPSA) is 32.8 Å². The molecule has 0 N–H and O–H groups in total. The number of halogens is 1. The van der Waals surface area contributed by atoms with Gasteiger partial charge >= 0.3 is 5.97 Å². The smallest absolute Gasteiger partial charge is 0.319 e. The van der Waals surface area contributed by atoms with Crippen molar-refractivity contribution >= 4 is 45.9 Å². The molecule has 1 aliphatic rings. The fourth-order valence-electron chi connectivity index (χ4n) is 2.05. The first kappa shape index (κ1) is 16.5. The fourth-order valence-corrected chi connectivity index (χ4v) is 3.39. The highest BCUT2D eigenvalue weighted by atomic mass is 35.5. The summed E-state index contributed by atoms with van der Waals surface area (Å²) in [6.07, 6.45) is 0. The summed E-state index contributed by atoms with van der Waals surface area (Å²) in [5.74, 6) is 0.757. The first-order valence-corrected chi connectivity index (χ1v) is 8.31. The van der Waals surface area contributed by atoms with Crippen LogP contribution in [0.2, 0.25) is 5.02 Å². The van der Waals surface area contributed by atoms with Crippen LogP contribution in [0.1, 0.15) is 5.56 Å². The Kier molecular flexibility index (Phi) is 6.29. The van der Waals surface area contributed by atoms with Crippen molar-refractivity contribution in [1.82, 2.24) is 9.80 Å². The molecule has 1 aliphatic heterocycles. The second kappa shape index (κ2) is 7.98. The van der Waals surface area contributed by atoms with Crippen molar-refractivity contribution in [3.63, 3.8) is 0 Å². The van der Waals surface area contributed by atoms with Gasteiger partial charge in [-0.15, -0.1) is 0 Å². The van der Waals surface area contributed by atoms with Crippen molar-refractivity contribution in [3.8, 4) is 0 Å². The number of hydrogen-bond donors (Lipinski definition) is 0. The van der Waals surface area contributed by atoms with Gasteiger partial charge in [-0.25, -0.2) is 0 Å². The van der Waals surface area contributed by atoms with Crippen LogP contribution in [0, 0.1) is 0 Å². The van der Waals surface area contributed by atoms with Gasteiger partial charge in [0.1, 0.15) is 4.32 Å². The van der Waals surface area contributed by atoms with Gasteiger partial charge in [0, 0.05) is 23.9 Å². The summed E-state index contributed by atoms with van der Waals surface area (Å²) in [6, 6.07) is 7.63. The molecule has 1 fully saturated rings. The Morgan fingerprint density at radius 1 is 1.48 bits per heavy atom. The van der Waals surface area contributed by atoms with E-state index in [1.54, 1.807) is 11.8 Å². The van der Waals surface area contributed by atoms with Crippen LogP contribution in [0.15, 0.2) is 24.3 Å². The fraction of sp³-hybridized carbons (Fsp3) is 0.429. The van der Waals surface area contributed by atoms with Gasteiger partial charge in [0.2, 0.25) is 0 Å². The van der Waals surface area contributed by atoms with Crippen LogP contribution in [0.25, 0.3) is 0 Å². The maximum Gasteiger partial charge on any atom is 0.319 e. The van der Waals surface area contributed by atoms with E-state index in [-0.39, 0.29) is 12.5 Å². The maximum atomic E-state index is 11.6. The van der Waals surface area contributed by atoms with Gasteiger partial charge in [-0.2, -0.15) is 0 Å². The van der Waals surface area contributed by atoms with Gasteiger partial charge in [-0.3, -0.25) is 9.69 Å². The molecule has 7 heteroatoms. The zero-order chi connectivity index (χ0) is 15.2. The lowest BCUT2D eigenvalue weighted by atomic mass is 10.2. The number of ether oxygens (including phenoxy) is 1. The molecule has 0 radical (unpaired) electrons. The molecule has 0 saturated carbocycles. The monoisotopic (exact) mass is 344 g/mol. The number of carbonyl (C=O) groups is 1. The summed E-state index contributed by atoms with van der Waals surface area (Å²) >= 11 is 12.9. The molecule has 4 nitrogen and oxygen atoms in total. The maximum absolute atomic E-state index is 11.6. The Labute approximate surface area is 139 Å². The summed E-state index contributed by atoms with van der Waals surface area (Å²) in [4.78, 5) is 15.7. The van der Waals surface area contributed by atoms with Crippen LogP contribution in [0.3, 0.4) is 0 Å². The van der Waals surface area contributed by atoms with Crippen molar-refractivity contribution < 1.29 is 9.53 Å². The number of thioether (sulfide) groups is 1. The number of nitrogens with zero attached hydrogens (tertiary/aromatic N) is 2. The molecule has 1 saturated heterocycles. The Morgan fingerprint density at radius 2 is 2.19 bits per heavy atom. The molecule has 0 unspecified atom stereocenters. The van der Waals surface area contributed by atoms with Crippen LogP contribution < -0.4 is 0 Å². The Bertz CT molecular complexity index is 510. The standard InChI is InChI=1S/C14H17ClN2O2S2/c1-19-13(18)9-16(10-17-6-7-21-14(17)20)8-11-2-4-12(15)5-3-11/h2-5H,6-10H2,1H3. The second-order valence-electron chi connectivity index (χ2n) is 4.71. The largest absolute Gasteiger partial charge is 0.468 e. The third kappa shape index (κ3) is 5.14. The van der Waals surface area contributed by atoms with Crippen LogP contribution in [0.5, 0.6) is 0 Å². The van der Waals surface area contributed by atoms with Gasteiger partial charge in [-0.05, 0) is 17.7 Å². The number of rotatable bonds is 6. The molecule has 0 atom stereocenters. The van der Waals surface area contributed by atoms with Gasteiger partial charge in [0.25, 0.3) is 0 Å². The van der Waals surface area contributed by atoms with Crippen molar-refractivity contribution in [2.45, 2.75) is 6.54 Å². The molecule has 21 heavy (non-hydrogen) atoms. The average Bonchev–Trinajstić information content (AvgIpc) is 2.86. The Balaban J connectivity index is 2.02. The first-order chi connectivity index (χ1) is 10.1. The van der Waals surface area contributed by atoms with Gasteiger partial charge in [-0.1, -0.05) is 47.7 Å². The van der Waals surface area contributed by atoms with Crippen LogP contribution in [-0.2, 0) is 16.1 Å². The predicted molar refractivity (Wildman–Crippen MR) is 90.5 cm³/mol. The summed E-state index contributed by atoms with van der Waals surface area (Å²) in [7, 11) is 1.40. The normalized spacial score (nSPS) is 14.8. The molecule has 1 aromatic rings. The van der Waals surface area contributed by atoms with Crippen molar-refractivity contribution in [1.29, 1.82) is 0 Å². The predicted octanol–water partition coefficient (Wildman–Crippen LogP) is 2.61. The highest BCUT2D eigenvalue weighted by Crippen LogP contribution is 2.19. The van der Waals surface area contributed by atoms with E-state index in [9.17, 15) is 4.79 Å². The summed E-state index contributed by atoms with van der Waals surface area (Å²) in [6.45, 7) is 2.43. The van der Waals surface area contributed by atoms with Crippen LogP contribution in [-0.4, -0.2) is 52.7 Å². The Morgan fingerprint density at radius 3 is 2.76 bits per heavy atom. The lowest BCUT2D eigenvalue weighted by Gasteiger charge is -2.27. The molecule has 1 aromatic carbocycles. The van der Waals surface area contributed by atoms with Crippen LogP contribution in [0.4, 0.5) is 0 Å². The molecule has 0 amide bonds. The number of esters is 1. The molecule has 0 spiro atoms. The molecular weight excluding hydrogens is 328 g/mol. The van der Waals surface area contributed by atoms with Crippen molar-refractivity contribution in [2.75, 3.05) is 32.6 Å². The third-order valence-electron chi connectivity index (χ3n) is 3.12. The SMILES string of the molecule is COC(=O)CN(Cc1ccc(Cl)cc1)CN1CCSC1=S. The highest BCUT2D eigenvalue weighted by Gasteiger charge is 2.21.